The smallest absolute Gasteiger partial charge is 0.549 e. The van der Waals surface area contributed by atoms with Gasteiger partial charge in [0.1, 0.15) is 6.54 Å². The van der Waals surface area contributed by atoms with E-state index in [1.165, 1.54) is 9.80 Å². The van der Waals surface area contributed by atoms with Crippen molar-refractivity contribution in [1.82, 2.24) is 24.5 Å². The zero-order valence-corrected chi connectivity index (χ0v) is 24.4. The molecular weight excluding hydrogens is 672 g/mol. The fraction of sp³-hybridized carbons (Fsp3) is 0.560. The molecule has 0 aromatic heterocycles. The molecule has 40 heavy (non-hydrogen) atoms. The number of carbonyl (C=O) groups is 5. The van der Waals surface area contributed by atoms with Gasteiger partial charge in [-0.1, -0.05) is 30.3 Å². The Morgan fingerprint density at radius 3 is 1.32 bits per heavy atom. The van der Waals surface area contributed by atoms with Crippen molar-refractivity contribution in [1.29, 1.82) is 0 Å². The minimum absolute atomic E-state index is 0. The molecule has 0 atom stereocenters. The van der Waals surface area contributed by atoms with E-state index in [0.717, 1.165) is 5.56 Å². The number of hydrogen-bond acceptors (Lipinski definition) is 12. The van der Waals surface area contributed by atoms with Gasteiger partial charge in [0, 0.05) is 78.5 Å². The van der Waals surface area contributed by atoms with Crippen LogP contribution in [0.5, 0.6) is 0 Å². The van der Waals surface area contributed by atoms with Crippen molar-refractivity contribution in [3.05, 3.63) is 35.9 Å². The van der Waals surface area contributed by atoms with Crippen LogP contribution in [0.15, 0.2) is 30.3 Å². The first-order valence-electron chi connectivity index (χ1n) is 12.5. The van der Waals surface area contributed by atoms with Gasteiger partial charge in [0.15, 0.2) is 0 Å². The van der Waals surface area contributed by atoms with Crippen LogP contribution in [0.1, 0.15) is 5.56 Å². The summed E-state index contributed by atoms with van der Waals surface area (Å²) in [5.74, 6) is -5.56. The molecule has 221 valence electrons. The first-order valence-corrected chi connectivity index (χ1v) is 12.5. The molecule has 14 nitrogen and oxygen atoms in total. The summed E-state index contributed by atoms with van der Waals surface area (Å²) in [4.78, 5) is 66.0. The van der Waals surface area contributed by atoms with Crippen molar-refractivity contribution >= 4 is 29.8 Å². The summed E-state index contributed by atoms with van der Waals surface area (Å²) in [6.45, 7) is -0.266. The van der Waals surface area contributed by atoms with Crippen LogP contribution in [0.3, 0.4) is 0 Å². The van der Waals surface area contributed by atoms with E-state index in [-0.39, 0.29) is 105 Å². The molecule has 1 amide bonds. The zero-order valence-electron chi connectivity index (χ0n) is 22.1. The third kappa shape index (κ3) is 14.9. The maximum absolute atomic E-state index is 13.2. The molecule has 1 heterocycles. The Labute approximate surface area is 264 Å². The summed E-state index contributed by atoms with van der Waals surface area (Å²) in [7, 11) is 0. The van der Waals surface area contributed by atoms with Gasteiger partial charge in [0.2, 0.25) is 5.91 Å². The molecule has 15 heteroatoms. The van der Waals surface area contributed by atoms with Crippen LogP contribution in [0.25, 0.3) is 0 Å². The van der Waals surface area contributed by atoms with Gasteiger partial charge in [-0.2, -0.15) is 0 Å². The SMILES string of the molecule is O=C([O-])CN1CCN(CC(=O)[O-])CCN(CC(=O)N(CC(=O)O)Cc2ccccc2)CCN(CC(=O)[O-])CC1.[Gd+3]. The van der Waals surface area contributed by atoms with Crippen molar-refractivity contribution < 1.29 is 84.3 Å². The van der Waals surface area contributed by atoms with Crippen LogP contribution < -0.4 is 15.3 Å². The standard InChI is InChI=1S/C25H37N5O9.Gd/c31-21(30(19-25(38)39)14-20-4-2-1-3-5-20)15-26-6-8-27(16-22(32)33)10-12-29(18-24(36)37)13-11-28(9-7-26)17-23(34)35;/h1-5H,6-19H2,(H,32,33)(H,34,35)(H,36,37)(H,38,39);/q;+3/p-3. The average Bonchev–Trinajstić information content (AvgIpc) is 2.84. The van der Waals surface area contributed by atoms with E-state index >= 15 is 0 Å². The molecule has 2 rings (SSSR count). The molecule has 1 fully saturated rings. The minimum Gasteiger partial charge on any atom is -0.549 e. The van der Waals surface area contributed by atoms with Crippen LogP contribution in [0.4, 0.5) is 0 Å². The molecule has 0 aliphatic carbocycles. The molecule has 0 spiro atoms. The summed E-state index contributed by atoms with van der Waals surface area (Å²) < 4.78 is 0. The van der Waals surface area contributed by atoms with Crippen LogP contribution in [-0.2, 0) is 30.5 Å². The molecule has 1 aromatic carbocycles. The summed E-state index contributed by atoms with van der Waals surface area (Å²) in [6, 6.07) is 8.91. The Balaban J connectivity index is 0.00000800. The first-order chi connectivity index (χ1) is 18.5. The van der Waals surface area contributed by atoms with E-state index in [4.69, 9.17) is 0 Å². The number of nitrogens with zero attached hydrogens (tertiary/aromatic N) is 5. The first kappa shape index (κ1) is 35.8. The van der Waals surface area contributed by atoms with E-state index in [0.29, 0.717) is 0 Å². The number of carbonyl (C=O) groups excluding carboxylic acids is 4. The van der Waals surface area contributed by atoms with Crippen LogP contribution in [0, 0.1) is 39.9 Å². The molecule has 0 bridgehead atoms. The molecule has 0 saturated carbocycles. The normalized spacial score (nSPS) is 16.6. The molecule has 1 aromatic rings. The second-order valence-corrected chi connectivity index (χ2v) is 9.35. The Bertz CT molecular complexity index is 953. The number of amides is 1. The second-order valence-electron chi connectivity index (χ2n) is 9.35. The van der Waals surface area contributed by atoms with Gasteiger partial charge in [-0.15, -0.1) is 0 Å². The molecule has 1 N–H and O–H groups in total. The number of carboxylic acids is 4. The summed E-state index contributed by atoms with van der Waals surface area (Å²) in [5, 5.41) is 43.1. The van der Waals surface area contributed by atoms with Crippen molar-refractivity contribution in [3.63, 3.8) is 0 Å². The number of carboxylic acid groups (broad SMARTS) is 4. The third-order valence-electron chi connectivity index (χ3n) is 6.24. The van der Waals surface area contributed by atoms with Gasteiger partial charge in [-0.05, 0) is 5.56 Å². The Hall–Kier alpha value is -2.27. The minimum atomic E-state index is -1.31. The molecule has 0 unspecified atom stereocenters. The van der Waals surface area contributed by atoms with E-state index in [9.17, 15) is 44.4 Å². The van der Waals surface area contributed by atoms with E-state index in [1.54, 1.807) is 45.0 Å². The maximum Gasteiger partial charge on any atom is 3.00 e. The molecule has 1 aliphatic rings. The summed E-state index contributed by atoms with van der Waals surface area (Å²) >= 11 is 0. The van der Waals surface area contributed by atoms with E-state index < -0.39 is 56.0 Å². The van der Waals surface area contributed by atoms with Gasteiger partial charge in [0.05, 0.1) is 24.5 Å². The Morgan fingerprint density at radius 2 is 1.00 bits per heavy atom. The number of hydrogen-bond donors (Lipinski definition) is 1. The predicted octanol–water partition coefficient (Wildman–Crippen LogP) is -5.43. The van der Waals surface area contributed by atoms with E-state index in [2.05, 4.69) is 0 Å². The monoisotopic (exact) mass is 706 g/mol. The summed E-state index contributed by atoms with van der Waals surface area (Å²) in [5.41, 5.74) is 0.752. The third-order valence-corrected chi connectivity index (χ3v) is 6.24. The van der Waals surface area contributed by atoms with Gasteiger partial charge in [-0.25, -0.2) is 0 Å². The second kappa shape index (κ2) is 19.0. The molecule has 1 saturated heterocycles. The van der Waals surface area contributed by atoms with Crippen LogP contribution in [0.2, 0.25) is 0 Å². The molecule has 1 radical (unpaired) electrons. The molecular formula is C25H34GdN5O9. The predicted molar refractivity (Wildman–Crippen MR) is 130 cm³/mol. The fourth-order valence-electron chi connectivity index (χ4n) is 4.25. The van der Waals surface area contributed by atoms with Crippen molar-refractivity contribution in [3.8, 4) is 0 Å². The quantitative estimate of drug-likeness (QED) is 0.217. The average molecular weight is 706 g/mol. The van der Waals surface area contributed by atoms with Gasteiger partial charge in [-0.3, -0.25) is 29.2 Å². The topological polar surface area (TPSA) is 191 Å². The Morgan fingerprint density at radius 1 is 0.650 bits per heavy atom. The van der Waals surface area contributed by atoms with E-state index in [1.807, 2.05) is 0 Å². The molecule has 1 aliphatic heterocycles. The van der Waals surface area contributed by atoms with Crippen molar-refractivity contribution in [2.24, 2.45) is 0 Å². The largest absolute Gasteiger partial charge is 3.00 e. The maximum atomic E-state index is 13.2. The summed E-state index contributed by atoms with van der Waals surface area (Å²) in [6.07, 6.45) is 0. The number of aliphatic carboxylic acids is 4. The fourth-order valence-corrected chi connectivity index (χ4v) is 4.25. The van der Waals surface area contributed by atoms with Gasteiger partial charge < -0.3 is 39.7 Å². The number of benzene rings is 1. The van der Waals surface area contributed by atoms with Gasteiger partial charge >= 0.3 is 45.9 Å². The number of rotatable bonds is 12. The zero-order chi connectivity index (χ0) is 28.8. The van der Waals surface area contributed by atoms with Crippen LogP contribution in [-0.4, -0.2) is 144 Å². The van der Waals surface area contributed by atoms with Crippen molar-refractivity contribution in [2.75, 3.05) is 85.1 Å². The van der Waals surface area contributed by atoms with Crippen LogP contribution >= 0.6 is 0 Å². The van der Waals surface area contributed by atoms with Crippen molar-refractivity contribution in [2.45, 2.75) is 6.54 Å². The Kier molecular flexibility index (Phi) is 17.0. The van der Waals surface area contributed by atoms with Gasteiger partial charge in [0.25, 0.3) is 0 Å².